The Kier molecular flexibility index (Phi) is 4.36. The van der Waals surface area contributed by atoms with Gasteiger partial charge in [-0.1, -0.05) is 24.3 Å². The van der Waals surface area contributed by atoms with E-state index in [1.807, 2.05) is 0 Å². The SMILES string of the molecule is COCCOc1ccc(-c2ccccc2F)cc1N. The normalized spacial score (nSPS) is 10.4. The molecule has 0 saturated heterocycles. The van der Waals surface area contributed by atoms with Crippen LogP contribution in [0.15, 0.2) is 42.5 Å². The van der Waals surface area contributed by atoms with Crippen LogP contribution in [0.1, 0.15) is 0 Å². The van der Waals surface area contributed by atoms with Crippen molar-refractivity contribution in [2.45, 2.75) is 0 Å². The molecule has 0 saturated carbocycles. The summed E-state index contributed by atoms with van der Waals surface area (Å²) in [6.45, 7) is 0.925. The van der Waals surface area contributed by atoms with E-state index in [1.165, 1.54) is 6.07 Å². The van der Waals surface area contributed by atoms with Crippen molar-refractivity contribution in [2.24, 2.45) is 0 Å². The zero-order valence-electron chi connectivity index (χ0n) is 10.7. The first-order chi connectivity index (χ1) is 9.22. The Labute approximate surface area is 111 Å². The molecule has 19 heavy (non-hydrogen) atoms. The quantitative estimate of drug-likeness (QED) is 0.664. The number of rotatable bonds is 5. The molecule has 0 aliphatic rings. The van der Waals surface area contributed by atoms with E-state index >= 15 is 0 Å². The van der Waals surface area contributed by atoms with Crippen LogP contribution in [0.2, 0.25) is 0 Å². The Morgan fingerprint density at radius 3 is 2.58 bits per heavy atom. The lowest BCUT2D eigenvalue weighted by molar-refractivity contribution is 0.147. The number of ether oxygens (including phenoxy) is 2. The smallest absolute Gasteiger partial charge is 0.142 e. The summed E-state index contributed by atoms with van der Waals surface area (Å²) >= 11 is 0. The third kappa shape index (κ3) is 3.23. The lowest BCUT2D eigenvalue weighted by Gasteiger charge is -2.10. The van der Waals surface area contributed by atoms with E-state index < -0.39 is 0 Å². The zero-order chi connectivity index (χ0) is 13.7. The summed E-state index contributed by atoms with van der Waals surface area (Å²) in [6.07, 6.45) is 0. The van der Waals surface area contributed by atoms with E-state index in [4.69, 9.17) is 15.2 Å². The molecule has 0 atom stereocenters. The Hall–Kier alpha value is -2.07. The van der Waals surface area contributed by atoms with Gasteiger partial charge in [0, 0.05) is 12.7 Å². The first-order valence-electron chi connectivity index (χ1n) is 5.98. The van der Waals surface area contributed by atoms with E-state index in [1.54, 1.807) is 43.5 Å². The second-order valence-corrected chi connectivity index (χ2v) is 4.07. The molecule has 2 N–H and O–H groups in total. The molecule has 0 fully saturated rings. The van der Waals surface area contributed by atoms with Crippen molar-refractivity contribution in [3.8, 4) is 16.9 Å². The Morgan fingerprint density at radius 2 is 1.89 bits per heavy atom. The first kappa shape index (κ1) is 13.4. The maximum atomic E-state index is 13.7. The molecule has 0 aromatic heterocycles. The van der Waals surface area contributed by atoms with E-state index in [0.717, 1.165) is 5.56 Å². The molecular weight excluding hydrogens is 245 g/mol. The van der Waals surface area contributed by atoms with E-state index in [0.29, 0.717) is 30.2 Å². The van der Waals surface area contributed by atoms with Crippen LogP contribution >= 0.6 is 0 Å². The van der Waals surface area contributed by atoms with Crippen molar-refractivity contribution in [3.05, 3.63) is 48.3 Å². The monoisotopic (exact) mass is 261 g/mol. The standard InChI is InChI=1S/C15H16FNO2/c1-18-8-9-19-15-7-6-11(10-14(15)17)12-4-2-3-5-13(12)16/h2-7,10H,8-9,17H2,1H3. The minimum absolute atomic E-state index is 0.269. The van der Waals surface area contributed by atoms with Crippen molar-refractivity contribution >= 4 is 5.69 Å². The summed E-state index contributed by atoms with van der Waals surface area (Å²) in [5.74, 6) is 0.312. The molecule has 0 unspecified atom stereocenters. The Bertz CT molecular complexity index is 558. The predicted molar refractivity (Wildman–Crippen MR) is 73.6 cm³/mol. The minimum atomic E-state index is -0.269. The van der Waals surface area contributed by atoms with Gasteiger partial charge in [-0.25, -0.2) is 4.39 Å². The second-order valence-electron chi connectivity index (χ2n) is 4.07. The molecule has 100 valence electrons. The van der Waals surface area contributed by atoms with Gasteiger partial charge in [-0.15, -0.1) is 0 Å². The van der Waals surface area contributed by atoms with E-state index in [-0.39, 0.29) is 5.82 Å². The van der Waals surface area contributed by atoms with Crippen molar-refractivity contribution in [1.29, 1.82) is 0 Å². The van der Waals surface area contributed by atoms with Gasteiger partial charge < -0.3 is 15.2 Å². The molecule has 0 heterocycles. The Morgan fingerprint density at radius 1 is 1.11 bits per heavy atom. The molecule has 2 aromatic carbocycles. The number of nitrogens with two attached hydrogens (primary N) is 1. The van der Waals surface area contributed by atoms with Gasteiger partial charge >= 0.3 is 0 Å². The average molecular weight is 261 g/mol. The summed E-state index contributed by atoms with van der Waals surface area (Å²) in [7, 11) is 1.61. The van der Waals surface area contributed by atoms with Gasteiger partial charge in [-0.3, -0.25) is 0 Å². The molecule has 2 aromatic rings. The van der Waals surface area contributed by atoms with Crippen molar-refractivity contribution in [2.75, 3.05) is 26.1 Å². The van der Waals surface area contributed by atoms with Crippen LogP contribution in [0, 0.1) is 5.82 Å². The highest BCUT2D eigenvalue weighted by Crippen LogP contribution is 2.29. The predicted octanol–water partition coefficient (Wildman–Crippen LogP) is 3.10. The van der Waals surface area contributed by atoms with Crippen molar-refractivity contribution < 1.29 is 13.9 Å². The van der Waals surface area contributed by atoms with Gasteiger partial charge in [0.15, 0.2) is 0 Å². The first-order valence-corrected chi connectivity index (χ1v) is 5.98. The van der Waals surface area contributed by atoms with Gasteiger partial charge in [0.05, 0.1) is 12.3 Å². The number of nitrogen functional groups attached to an aromatic ring is 1. The van der Waals surface area contributed by atoms with Crippen molar-refractivity contribution in [1.82, 2.24) is 0 Å². The molecule has 0 amide bonds. The Balaban J connectivity index is 2.21. The lowest BCUT2D eigenvalue weighted by atomic mass is 10.0. The van der Waals surface area contributed by atoms with Crippen LogP contribution < -0.4 is 10.5 Å². The van der Waals surface area contributed by atoms with Gasteiger partial charge in [0.25, 0.3) is 0 Å². The molecule has 0 aliphatic carbocycles. The van der Waals surface area contributed by atoms with Crippen LogP contribution in [-0.2, 0) is 4.74 Å². The number of hydrogen-bond donors (Lipinski definition) is 1. The minimum Gasteiger partial charge on any atom is -0.489 e. The topological polar surface area (TPSA) is 44.5 Å². The molecule has 3 nitrogen and oxygen atoms in total. The van der Waals surface area contributed by atoms with Gasteiger partial charge in [0.2, 0.25) is 0 Å². The molecule has 0 spiro atoms. The van der Waals surface area contributed by atoms with Crippen LogP contribution in [-0.4, -0.2) is 20.3 Å². The number of anilines is 1. The lowest BCUT2D eigenvalue weighted by Crippen LogP contribution is -2.05. The van der Waals surface area contributed by atoms with Gasteiger partial charge in [0.1, 0.15) is 18.2 Å². The van der Waals surface area contributed by atoms with E-state index in [9.17, 15) is 4.39 Å². The largest absolute Gasteiger partial charge is 0.489 e. The summed E-state index contributed by atoms with van der Waals surface area (Å²) in [5.41, 5.74) is 7.64. The van der Waals surface area contributed by atoms with E-state index in [2.05, 4.69) is 0 Å². The molecule has 0 radical (unpaired) electrons. The molecular formula is C15H16FNO2. The zero-order valence-corrected chi connectivity index (χ0v) is 10.7. The third-order valence-electron chi connectivity index (χ3n) is 2.74. The summed E-state index contributed by atoms with van der Waals surface area (Å²) < 4.78 is 24.0. The van der Waals surface area contributed by atoms with Crippen LogP contribution in [0.4, 0.5) is 10.1 Å². The fourth-order valence-electron chi connectivity index (χ4n) is 1.78. The highest BCUT2D eigenvalue weighted by atomic mass is 19.1. The molecule has 4 heteroatoms. The molecule has 0 bridgehead atoms. The van der Waals surface area contributed by atoms with Crippen LogP contribution in [0.25, 0.3) is 11.1 Å². The summed E-state index contributed by atoms with van der Waals surface area (Å²) in [4.78, 5) is 0. The highest BCUT2D eigenvalue weighted by molar-refractivity contribution is 5.71. The summed E-state index contributed by atoms with van der Waals surface area (Å²) in [6, 6.07) is 11.8. The number of methoxy groups -OCH3 is 1. The molecule has 0 aliphatic heterocycles. The highest BCUT2D eigenvalue weighted by Gasteiger charge is 2.07. The number of benzene rings is 2. The molecule has 2 rings (SSSR count). The second kappa shape index (κ2) is 6.20. The van der Waals surface area contributed by atoms with Crippen LogP contribution in [0.3, 0.4) is 0 Å². The van der Waals surface area contributed by atoms with Gasteiger partial charge in [-0.05, 0) is 23.8 Å². The van der Waals surface area contributed by atoms with Gasteiger partial charge in [-0.2, -0.15) is 0 Å². The van der Waals surface area contributed by atoms with Crippen molar-refractivity contribution in [3.63, 3.8) is 0 Å². The maximum absolute atomic E-state index is 13.7. The summed E-state index contributed by atoms with van der Waals surface area (Å²) in [5, 5.41) is 0. The fraction of sp³-hybridized carbons (Fsp3) is 0.200. The third-order valence-corrected chi connectivity index (χ3v) is 2.74. The maximum Gasteiger partial charge on any atom is 0.142 e. The average Bonchev–Trinajstić information content (AvgIpc) is 2.41. The number of halogens is 1. The fourth-order valence-corrected chi connectivity index (χ4v) is 1.78. The number of hydrogen-bond acceptors (Lipinski definition) is 3. The van der Waals surface area contributed by atoms with Crippen LogP contribution in [0.5, 0.6) is 5.75 Å².